The zero-order valence-electron chi connectivity index (χ0n) is 11.6. The van der Waals surface area contributed by atoms with Crippen LogP contribution in [0.15, 0.2) is 54.9 Å². The van der Waals surface area contributed by atoms with Crippen LogP contribution in [0.1, 0.15) is 5.56 Å². The molecule has 1 aromatic carbocycles. The Balaban J connectivity index is 2.17. The summed E-state index contributed by atoms with van der Waals surface area (Å²) >= 11 is 0. The van der Waals surface area contributed by atoms with Gasteiger partial charge in [0.2, 0.25) is 0 Å². The van der Waals surface area contributed by atoms with Gasteiger partial charge >= 0.3 is 0 Å². The van der Waals surface area contributed by atoms with E-state index >= 15 is 0 Å². The van der Waals surface area contributed by atoms with Crippen LogP contribution in [0.3, 0.4) is 0 Å². The van der Waals surface area contributed by atoms with Crippen LogP contribution in [0.4, 0.5) is 5.82 Å². The van der Waals surface area contributed by atoms with E-state index < -0.39 is 0 Å². The third-order valence-electron chi connectivity index (χ3n) is 3.20. The van der Waals surface area contributed by atoms with Crippen molar-refractivity contribution in [3.05, 3.63) is 60.4 Å². The predicted molar refractivity (Wildman–Crippen MR) is 83.2 cm³/mol. The standard InChI is InChI=1S/C16H15N5/c1-11-10-18-8-7-13(11)16-19-14(9-15(20-16)21-17)12-5-3-2-4-6-12/h2-10H,17H2,1H3,(H,19,20,21). The summed E-state index contributed by atoms with van der Waals surface area (Å²) in [7, 11) is 0. The Hall–Kier alpha value is -2.79. The first-order chi connectivity index (χ1) is 10.3. The minimum absolute atomic E-state index is 0.579. The number of nitrogen functional groups attached to an aromatic ring is 1. The number of nitrogens with zero attached hydrogens (tertiary/aromatic N) is 3. The molecular formula is C16H15N5. The molecule has 21 heavy (non-hydrogen) atoms. The van der Waals surface area contributed by atoms with E-state index in [4.69, 9.17) is 5.84 Å². The smallest absolute Gasteiger partial charge is 0.162 e. The normalized spacial score (nSPS) is 10.4. The van der Waals surface area contributed by atoms with Gasteiger partial charge in [-0.2, -0.15) is 0 Å². The molecule has 0 aliphatic carbocycles. The molecule has 0 saturated heterocycles. The van der Waals surface area contributed by atoms with Gasteiger partial charge in [-0.05, 0) is 18.6 Å². The Morgan fingerprint density at radius 3 is 2.57 bits per heavy atom. The number of aromatic nitrogens is 3. The van der Waals surface area contributed by atoms with Crippen molar-refractivity contribution in [1.29, 1.82) is 0 Å². The van der Waals surface area contributed by atoms with Crippen LogP contribution in [0.25, 0.3) is 22.6 Å². The van der Waals surface area contributed by atoms with E-state index in [1.165, 1.54) is 0 Å². The molecular weight excluding hydrogens is 262 g/mol. The molecule has 0 saturated carbocycles. The van der Waals surface area contributed by atoms with E-state index in [9.17, 15) is 0 Å². The molecule has 3 rings (SSSR count). The van der Waals surface area contributed by atoms with Gasteiger partial charge in [0, 0.05) is 29.6 Å². The molecule has 0 radical (unpaired) electrons. The zero-order valence-corrected chi connectivity index (χ0v) is 11.6. The number of aryl methyl sites for hydroxylation is 1. The van der Waals surface area contributed by atoms with Crippen LogP contribution in [-0.4, -0.2) is 15.0 Å². The first kappa shape index (κ1) is 13.2. The molecule has 2 aromatic heterocycles. The van der Waals surface area contributed by atoms with Crippen LogP contribution >= 0.6 is 0 Å². The third kappa shape index (κ3) is 2.73. The second-order valence-electron chi connectivity index (χ2n) is 4.66. The Morgan fingerprint density at radius 1 is 1.05 bits per heavy atom. The van der Waals surface area contributed by atoms with E-state index in [1.54, 1.807) is 12.4 Å². The van der Waals surface area contributed by atoms with Gasteiger partial charge in [0.1, 0.15) is 5.82 Å². The van der Waals surface area contributed by atoms with E-state index in [0.29, 0.717) is 11.6 Å². The van der Waals surface area contributed by atoms with Crippen molar-refractivity contribution >= 4 is 5.82 Å². The molecule has 2 heterocycles. The van der Waals surface area contributed by atoms with Gasteiger partial charge in [-0.15, -0.1) is 0 Å². The molecule has 0 aliphatic heterocycles. The first-order valence-corrected chi connectivity index (χ1v) is 6.60. The van der Waals surface area contributed by atoms with Crippen LogP contribution < -0.4 is 11.3 Å². The van der Waals surface area contributed by atoms with Crippen molar-refractivity contribution in [2.24, 2.45) is 5.84 Å². The van der Waals surface area contributed by atoms with Crippen molar-refractivity contribution in [3.8, 4) is 22.6 Å². The highest BCUT2D eigenvalue weighted by atomic mass is 15.3. The molecule has 0 amide bonds. The average molecular weight is 277 g/mol. The summed E-state index contributed by atoms with van der Waals surface area (Å²) in [5, 5.41) is 0. The number of hydrazine groups is 1. The Kier molecular flexibility index (Phi) is 3.57. The van der Waals surface area contributed by atoms with E-state index in [2.05, 4.69) is 20.4 Å². The summed E-state index contributed by atoms with van der Waals surface area (Å²) in [5.41, 5.74) is 6.40. The molecule has 0 aliphatic rings. The average Bonchev–Trinajstić information content (AvgIpc) is 2.55. The number of hydrogen-bond donors (Lipinski definition) is 2. The maximum atomic E-state index is 5.53. The highest BCUT2D eigenvalue weighted by Gasteiger charge is 2.10. The Morgan fingerprint density at radius 2 is 1.86 bits per heavy atom. The lowest BCUT2D eigenvalue weighted by Gasteiger charge is -2.09. The fourth-order valence-electron chi connectivity index (χ4n) is 2.12. The monoisotopic (exact) mass is 277 g/mol. The lowest BCUT2D eigenvalue weighted by atomic mass is 10.1. The van der Waals surface area contributed by atoms with E-state index in [-0.39, 0.29) is 0 Å². The van der Waals surface area contributed by atoms with Gasteiger partial charge in [-0.1, -0.05) is 30.3 Å². The van der Waals surface area contributed by atoms with Gasteiger partial charge in [0.15, 0.2) is 5.82 Å². The zero-order chi connectivity index (χ0) is 14.7. The molecule has 0 fully saturated rings. The maximum Gasteiger partial charge on any atom is 0.162 e. The molecule has 3 N–H and O–H groups in total. The van der Waals surface area contributed by atoms with Gasteiger partial charge in [-0.25, -0.2) is 15.8 Å². The molecule has 0 atom stereocenters. The topological polar surface area (TPSA) is 76.7 Å². The number of anilines is 1. The SMILES string of the molecule is Cc1cnccc1-c1nc(NN)cc(-c2ccccc2)n1. The number of rotatable bonds is 3. The van der Waals surface area contributed by atoms with Gasteiger partial charge in [0.05, 0.1) is 5.69 Å². The number of hydrogen-bond acceptors (Lipinski definition) is 5. The summed E-state index contributed by atoms with van der Waals surface area (Å²) < 4.78 is 0. The van der Waals surface area contributed by atoms with Crippen molar-refractivity contribution < 1.29 is 0 Å². The van der Waals surface area contributed by atoms with Crippen LogP contribution in [-0.2, 0) is 0 Å². The molecule has 0 unspecified atom stereocenters. The summed E-state index contributed by atoms with van der Waals surface area (Å²) in [6.07, 6.45) is 3.53. The predicted octanol–water partition coefficient (Wildman–Crippen LogP) is 2.80. The quantitative estimate of drug-likeness (QED) is 0.568. The second-order valence-corrected chi connectivity index (χ2v) is 4.66. The van der Waals surface area contributed by atoms with Gasteiger partial charge in [0.25, 0.3) is 0 Å². The Labute approximate surface area is 122 Å². The number of pyridine rings is 1. The summed E-state index contributed by atoms with van der Waals surface area (Å²) in [6.45, 7) is 1.98. The van der Waals surface area contributed by atoms with Crippen LogP contribution in [0, 0.1) is 6.92 Å². The summed E-state index contributed by atoms with van der Waals surface area (Å²) in [4.78, 5) is 13.2. The molecule has 5 heteroatoms. The maximum absolute atomic E-state index is 5.53. The minimum Gasteiger partial charge on any atom is -0.308 e. The van der Waals surface area contributed by atoms with Crippen molar-refractivity contribution in [2.75, 3.05) is 5.43 Å². The number of benzene rings is 1. The van der Waals surface area contributed by atoms with Gasteiger partial charge in [-0.3, -0.25) is 4.98 Å². The molecule has 5 nitrogen and oxygen atoms in total. The molecule has 104 valence electrons. The number of nitrogens with one attached hydrogen (secondary N) is 1. The Bertz CT molecular complexity index is 756. The van der Waals surface area contributed by atoms with Crippen molar-refractivity contribution in [2.45, 2.75) is 6.92 Å². The molecule has 0 spiro atoms. The van der Waals surface area contributed by atoms with E-state index in [0.717, 1.165) is 22.4 Å². The summed E-state index contributed by atoms with van der Waals surface area (Å²) in [5.74, 6) is 6.74. The summed E-state index contributed by atoms with van der Waals surface area (Å²) in [6, 6.07) is 13.7. The largest absolute Gasteiger partial charge is 0.308 e. The van der Waals surface area contributed by atoms with Crippen LogP contribution in [0.5, 0.6) is 0 Å². The van der Waals surface area contributed by atoms with Gasteiger partial charge < -0.3 is 5.43 Å². The lowest BCUT2D eigenvalue weighted by Crippen LogP contribution is -2.10. The minimum atomic E-state index is 0.579. The fourth-order valence-corrected chi connectivity index (χ4v) is 2.12. The lowest BCUT2D eigenvalue weighted by molar-refractivity contribution is 1.13. The van der Waals surface area contributed by atoms with Crippen molar-refractivity contribution in [1.82, 2.24) is 15.0 Å². The number of nitrogens with two attached hydrogens (primary N) is 1. The third-order valence-corrected chi connectivity index (χ3v) is 3.20. The molecule has 3 aromatic rings. The highest BCUT2D eigenvalue weighted by molar-refractivity contribution is 5.68. The van der Waals surface area contributed by atoms with Crippen LogP contribution in [0.2, 0.25) is 0 Å². The molecule has 0 bridgehead atoms. The van der Waals surface area contributed by atoms with E-state index in [1.807, 2.05) is 49.4 Å². The fraction of sp³-hybridized carbons (Fsp3) is 0.0625. The second kappa shape index (κ2) is 5.68. The van der Waals surface area contributed by atoms with Crippen molar-refractivity contribution in [3.63, 3.8) is 0 Å². The first-order valence-electron chi connectivity index (χ1n) is 6.60. The highest BCUT2D eigenvalue weighted by Crippen LogP contribution is 2.25.